The highest BCUT2D eigenvalue weighted by molar-refractivity contribution is 7.89. The maximum absolute atomic E-state index is 12.4. The molecule has 1 aliphatic heterocycles. The van der Waals surface area contributed by atoms with Crippen LogP contribution in [0.25, 0.3) is 0 Å². The zero-order chi connectivity index (χ0) is 23.7. The van der Waals surface area contributed by atoms with E-state index in [4.69, 9.17) is 4.74 Å². The summed E-state index contributed by atoms with van der Waals surface area (Å²) >= 11 is 0. The molecular weight excluding hydrogens is 432 g/mol. The Morgan fingerprint density at radius 1 is 1.22 bits per heavy atom. The van der Waals surface area contributed by atoms with Crippen LogP contribution in [-0.2, 0) is 36.8 Å². The van der Waals surface area contributed by atoms with Crippen LogP contribution >= 0.6 is 0 Å². The minimum Gasteiger partial charge on any atom is -0.457 e. The van der Waals surface area contributed by atoms with Crippen LogP contribution in [0.15, 0.2) is 47.3 Å². The van der Waals surface area contributed by atoms with Gasteiger partial charge >= 0.3 is 5.97 Å². The van der Waals surface area contributed by atoms with Crippen molar-refractivity contribution in [2.24, 2.45) is 7.05 Å². The molecule has 32 heavy (non-hydrogen) atoms. The average Bonchev–Trinajstić information content (AvgIpc) is 3.17. The molecule has 0 fully saturated rings. The summed E-state index contributed by atoms with van der Waals surface area (Å²) in [6.07, 6.45) is 2.69. The van der Waals surface area contributed by atoms with Gasteiger partial charge in [0.2, 0.25) is 0 Å². The van der Waals surface area contributed by atoms with Crippen LogP contribution in [0, 0.1) is 6.92 Å². The van der Waals surface area contributed by atoms with Gasteiger partial charge in [-0.25, -0.2) is 18.1 Å². The van der Waals surface area contributed by atoms with Gasteiger partial charge in [0.25, 0.3) is 10.0 Å². The number of carbonyl (C=O) groups is 2. The van der Waals surface area contributed by atoms with E-state index in [9.17, 15) is 18.0 Å². The van der Waals surface area contributed by atoms with Crippen LogP contribution in [-0.4, -0.2) is 49.9 Å². The number of sulfonamides is 1. The number of para-hydroxylation sites is 1. The van der Waals surface area contributed by atoms with Crippen LogP contribution < -0.4 is 9.62 Å². The van der Waals surface area contributed by atoms with E-state index < -0.39 is 22.6 Å². The van der Waals surface area contributed by atoms with Crippen LogP contribution in [0.4, 0.5) is 5.69 Å². The lowest BCUT2D eigenvalue weighted by atomic mass is 9.83. The number of ketones is 1. The zero-order valence-corrected chi connectivity index (χ0v) is 19.7. The topological polar surface area (TPSA) is 111 Å². The summed E-state index contributed by atoms with van der Waals surface area (Å²) in [7, 11) is -0.236. The van der Waals surface area contributed by atoms with Gasteiger partial charge in [-0.3, -0.25) is 9.59 Å². The van der Waals surface area contributed by atoms with E-state index in [2.05, 4.69) is 9.71 Å². The monoisotopic (exact) mass is 460 g/mol. The van der Waals surface area contributed by atoms with Crippen molar-refractivity contribution in [2.75, 3.05) is 25.1 Å². The van der Waals surface area contributed by atoms with Gasteiger partial charge < -0.3 is 14.2 Å². The molecule has 2 aromatic rings. The number of imidazole rings is 1. The Morgan fingerprint density at radius 2 is 1.91 bits per heavy atom. The lowest BCUT2D eigenvalue weighted by molar-refractivity contribution is -0.146. The number of aromatic nitrogens is 2. The quantitative estimate of drug-likeness (QED) is 0.473. The first-order valence-corrected chi connectivity index (χ1v) is 11.7. The number of fused-ring (bicyclic) bond motifs is 1. The number of benzene rings is 1. The van der Waals surface area contributed by atoms with E-state index in [1.165, 1.54) is 12.3 Å². The zero-order valence-electron chi connectivity index (χ0n) is 18.9. The first kappa shape index (κ1) is 23.7. The predicted molar refractivity (Wildman–Crippen MR) is 120 cm³/mol. The van der Waals surface area contributed by atoms with Crippen molar-refractivity contribution in [2.45, 2.75) is 37.6 Å². The molecule has 1 aromatic carbocycles. The molecule has 0 amide bonds. The minimum absolute atomic E-state index is 0.114. The van der Waals surface area contributed by atoms with Crippen molar-refractivity contribution >= 4 is 27.5 Å². The lowest BCUT2D eigenvalue weighted by Gasteiger charge is -2.23. The normalized spacial score (nSPS) is 16.3. The van der Waals surface area contributed by atoms with Crippen LogP contribution in [0.5, 0.6) is 0 Å². The second-order valence-electron chi connectivity index (χ2n) is 8.24. The highest BCUT2D eigenvalue weighted by Crippen LogP contribution is 2.46. The van der Waals surface area contributed by atoms with Crippen molar-refractivity contribution in [3.8, 4) is 0 Å². The fourth-order valence-electron chi connectivity index (χ4n) is 3.69. The van der Waals surface area contributed by atoms with Crippen LogP contribution in [0.2, 0.25) is 0 Å². The first-order chi connectivity index (χ1) is 14.9. The SMILES string of the molecule is Cc1nc(S(=O)(=O)NCCC(=O)OCC(=O)/C=C2/N(C)c3ccccc3C2(C)C)cn1C. The number of rotatable bonds is 8. The number of aryl methyl sites for hydroxylation is 2. The number of nitrogens with one attached hydrogen (secondary N) is 1. The van der Waals surface area contributed by atoms with Crippen molar-refractivity contribution in [1.29, 1.82) is 0 Å². The summed E-state index contributed by atoms with van der Waals surface area (Å²) in [6, 6.07) is 7.94. The van der Waals surface area contributed by atoms with Gasteiger partial charge in [-0.05, 0) is 18.6 Å². The van der Waals surface area contributed by atoms with E-state index >= 15 is 0 Å². The van der Waals surface area contributed by atoms with Gasteiger partial charge in [-0.1, -0.05) is 32.0 Å². The summed E-state index contributed by atoms with van der Waals surface area (Å²) in [6.45, 7) is 5.20. The number of allylic oxidation sites excluding steroid dienone is 1. The van der Waals surface area contributed by atoms with E-state index in [1.807, 2.05) is 50.1 Å². The van der Waals surface area contributed by atoms with Gasteiger partial charge in [0.1, 0.15) is 5.82 Å². The Balaban J connectivity index is 1.52. The molecule has 0 unspecified atom stereocenters. The Kier molecular flexibility index (Phi) is 6.56. The second kappa shape index (κ2) is 8.87. The molecule has 0 spiro atoms. The number of nitrogens with zero attached hydrogens (tertiary/aromatic N) is 3. The second-order valence-corrected chi connectivity index (χ2v) is 9.96. The molecule has 2 heterocycles. The highest BCUT2D eigenvalue weighted by Gasteiger charge is 2.38. The number of hydrogen-bond donors (Lipinski definition) is 1. The number of ether oxygens (including phenoxy) is 1. The standard InChI is InChI=1S/C22H28N4O5S/c1-15-24-20(13-25(15)4)32(29,30)23-11-10-21(28)31-14-16(27)12-19-22(2,3)17-8-6-7-9-18(17)26(19)5/h6-9,12-13,23H,10-11,14H2,1-5H3/b19-12+. The minimum atomic E-state index is -3.82. The molecule has 0 radical (unpaired) electrons. The fourth-order valence-corrected chi connectivity index (χ4v) is 4.76. The molecular formula is C22H28N4O5S. The molecule has 3 rings (SSSR count). The van der Waals surface area contributed by atoms with Gasteiger partial charge in [0.05, 0.1) is 6.42 Å². The fraction of sp³-hybridized carbons (Fsp3) is 0.409. The van der Waals surface area contributed by atoms with Crippen molar-refractivity contribution in [3.63, 3.8) is 0 Å². The molecule has 10 heteroatoms. The predicted octanol–water partition coefficient (Wildman–Crippen LogP) is 1.82. The van der Waals surface area contributed by atoms with Crippen molar-refractivity contribution < 1.29 is 22.7 Å². The van der Waals surface area contributed by atoms with Crippen LogP contribution in [0.3, 0.4) is 0 Å². The van der Waals surface area contributed by atoms with Crippen molar-refractivity contribution in [3.05, 3.63) is 53.6 Å². The number of esters is 1. The summed E-state index contributed by atoms with van der Waals surface area (Å²) < 4.78 is 33.4. The Labute approximate surface area is 188 Å². The maximum atomic E-state index is 12.4. The molecule has 0 bridgehead atoms. The van der Waals surface area contributed by atoms with E-state index in [0.717, 1.165) is 16.9 Å². The number of anilines is 1. The molecule has 0 saturated carbocycles. The molecule has 0 atom stereocenters. The Bertz CT molecular complexity index is 1160. The Hall–Kier alpha value is -2.98. The third kappa shape index (κ3) is 4.76. The molecule has 1 N–H and O–H groups in total. The van der Waals surface area contributed by atoms with Crippen molar-refractivity contribution in [1.82, 2.24) is 14.3 Å². The molecule has 172 valence electrons. The molecule has 0 saturated heterocycles. The molecule has 1 aliphatic rings. The molecule has 9 nitrogen and oxygen atoms in total. The molecule has 1 aromatic heterocycles. The number of carbonyl (C=O) groups excluding carboxylic acids is 2. The largest absolute Gasteiger partial charge is 0.457 e. The van der Waals surface area contributed by atoms with E-state index in [-0.39, 0.29) is 29.2 Å². The average molecular weight is 461 g/mol. The summed E-state index contributed by atoms with van der Waals surface area (Å²) in [5.74, 6) is -0.457. The summed E-state index contributed by atoms with van der Waals surface area (Å²) in [5, 5.41) is -0.114. The smallest absolute Gasteiger partial charge is 0.307 e. The first-order valence-electron chi connectivity index (χ1n) is 10.2. The van der Waals surface area contributed by atoms with Gasteiger partial charge in [-0.2, -0.15) is 0 Å². The van der Waals surface area contributed by atoms with Crippen LogP contribution in [0.1, 0.15) is 31.7 Å². The van der Waals surface area contributed by atoms with E-state index in [1.54, 1.807) is 18.5 Å². The third-order valence-electron chi connectivity index (χ3n) is 5.60. The van der Waals surface area contributed by atoms with Gasteiger partial charge in [0, 0.05) is 49.7 Å². The summed E-state index contributed by atoms with van der Waals surface area (Å²) in [4.78, 5) is 30.3. The number of likely N-dealkylation sites (N-methyl/N-ethyl adjacent to an activating group) is 1. The lowest BCUT2D eigenvalue weighted by Crippen LogP contribution is -2.28. The van der Waals surface area contributed by atoms with E-state index in [0.29, 0.717) is 5.82 Å². The highest BCUT2D eigenvalue weighted by atomic mass is 32.2. The van der Waals surface area contributed by atoms with Gasteiger partial charge in [-0.15, -0.1) is 0 Å². The third-order valence-corrected chi connectivity index (χ3v) is 6.93. The maximum Gasteiger partial charge on any atom is 0.307 e. The summed E-state index contributed by atoms with van der Waals surface area (Å²) in [5.41, 5.74) is 2.61. The molecule has 0 aliphatic carbocycles. The van der Waals surface area contributed by atoms with Gasteiger partial charge in [0.15, 0.2) is 17.4 Å². The Morgan fingerprint density at radius 3 is 2.53 bits per heavy atom. The number of hydrogen-bond acceptors (Lipinski definition) is 7.